The van der Waals surface area contributed by atoms with Crippen LogP contribution in [0.5, 0.6) is 17.2 Å². The van der Waals surface area contributed by atoms with Crippen LogP contribution in [0, 0.1) is 0 Å². The highest BCUT2D eigenvalue weighted by molar-refractivity contribution is 7.93. The first-order chi connectivity index (χ1) is 16.1. The third kappa shape index (κ3) is 7.00. The van der Waals surface area contributed by atoms with E-state index in [1.54, 1.807) is 0 Å². The van der Waals surface area contributed by atoms with Gasteiger partial charge in [0.15, 0.2) is 14.6 Å². The van der Waals surface area contributed by atoms with E-state index in [0.717, 1.165) is 12.1 Å². The maximum atomic E-state index is 13.5. The van der Waals surface area contributed by atoms with Crippen molar-refractivity contribution in [3.05, 3.63) is 48.5 Å². The molecule has 1 saturated heterocycles. The summed E-state index contributed by atoms with van der Waals surface area (Å²) in [6.45, 7) is 1.22. The lowest BCUT2D eigenvalue weighted by atomic mass is 9.96. The quantitative estimate of drug-likeness (QED) is 0.471. The normalized spacial score (nSPS) is 15.5. The maximum absolute atomic E-state index is 13.5. The monoisotopic (exact) mass is 538 g/mol. The van der Waals surface area contributed by atoms with Crippen LogP contribution in [0.15, 0.2) is 53.4 Å². The van der Waals surface area contributed by atoms with Crippen molar-refractivity contribution in [1.29, 1.82) is 0 Å². The molecule has 8 nitrogen and oxygen atoms in total. The summed E-state index contributed by atoms with van der Waals surface area (Å²) in [6, 6.07) is 10.3. The number of carbonyl (C=O) groups excluding carboxylic acids is 1. The first-order valence-corrected chi connectivity index (χ1v) is 11.9. The number of rotatable bonds is 9. The van der Waals surface area contributed by atoms with Crippen molar-refractivity contribution in [2.45, 2.75) is 28.8 Å². The summed E-state index contributed by atoms with van der Waals surface area (Å²) in [7, 11) is -2.56. The Morgan fingerprint density at radius 2 is 1.51 bits per heavy atom. The lowest BCUT2D eigenvalue weighted by Crippen LogP contribution is -2.57. The van der Waals surface area contributed by atoms with Gasteiger partial charge in [0.1, 0.15) is 17.2 Å². The number of alkyl halides is 3. The molecule has 194 valence electrons. The van der Waals surface area contributed by atoms with Crippen LogP contribution in [0.3, 0.4) is 0 Å². The Morgan fingerprint density at radius 1 is 1.00 bits per heavy atom. The summed E-state index contributed by atoms with van der Waals surface area (Å²) in [5.41, 5.74) is 0. The molecule has 0 saturated carbocycles. The van der Waals surface area contributed by atoms with Gasteiger partial charge in [-0.3, -0.25) is 4.79 Å². The fourth-order valence-corrected chi connectivity index (χ4v) is 5.64. The topological polar surface area (TPSA) is 103 Å². The van der Waals surface area contributed by atoms with Gasteiger partial charge in [-0.05, 0) is 74.5 Å². The number of halogens is 4. The van der Waals surface area contributed by atoms with Crippen molar-refractivity contribution in [2.24, 2.45) is 0 Å². The smallest absolute Gasteiger partial charge is 0.457 e. The Kier molecular flexibility index (Phi) is 9.78. The van der Waals surface area contributed by atoms with E-state index < -0.39 is 32.6 Å². The Morgan fingerprint density at radius 3 is 2.03 bits per heavy atom. The molecule has 1 fully saturated rings. The van der Waals surface area contributed by atoms with Gasteiger partial charge in [0.05, 0.1) is 11.5 Å². The summed E-state index contributed by atoms with van der Waals surface area (Å²) < 4.78 is 76.6. The number of benzene rings is 2. The zero-order valence-electron chi connectivity index (χ0n) is 18.8. The van der Waals surface area contributed by atoms with E-state index in [1.165, 1.54) is 43.5 Å². The van der Waals surface area contributed by atoms with Crippen LogP contribution in [0.25, 0.3) is 0 Å². The van der Waals surface area contributed by atoms with Gasteiger partial charge < -0.3 is 24.8 Å². The molecule has 0 aliphatic carbocycles. The molecule has 1 amide bonds. The number of carbonyl (C=O) groups is 1. The second-order valence-electron chi connectivity index (χ2n) is 7.59. The number of methoxy groups -OCH3 is 1. The summed E-state index contributed by atoms with van der Waals surface area (Å²) in [5, 5.41) is 5.73. The number of sulfone groups is 1. The molecule has 1 heterocycles. The van der Waals surface area contributed by atoms with E-state index in [-0.39, 0.29) is 54.8 Å². The van der Waals surface area contributed by atoms with Crippen LogP contribution in [-0.2, 0) is 19.4 Å². The van der Waals surface area contributed by atoms with Gasteiger partial charge in [-0.1, -0.05) is 0 Å². The maximum Gasteiger partial charge on any atom is 0.573 e. The summed E-state index contributed by atoms with van der Waals surface area (Å²) in [4.78, 5) is 12.9. The molecule has 0 aromatic heterocycles. The molecule has 2 aromatic rings. The van der Waals surface area contributed by atoms with Crippen LogP contribution in [0.2, 0.25) is 0 Å². The molecule has 0 radical (unpaired) electrons. The molecule has 0 spiro atoms. The number of nitrogens with one attached hydrogen (secondary N) is 2. The molecule has 35 heavy (non-hydrogen) atoms. The molecule has 3 rings (SSSR count). The number of amides is 1. The highest BCUT2D eigenvalue weighted by atomic mass is 35.5. The van der Waals surface area contributed by atoms with Crippen LogP contribution < -0.4 is 20.1 Å². The summed E-state index contributed by atoms with van der Waals surface area (Å²) >= 11 is 0. The molecule has 0 atom stereocenters. The highest BCUT2D eigenvalue weighted by Crippen LogP contribution is 2.35. The Labute approximate surface area is 207 Å². The van der Waals surface area contributed by atoms with Crippen molar-refractivity contribution >= 4 is 28.2 Å². The first-order valence-electron chi connectivity index (χ1n) is 10.4. The fourth-order valence-electron chi connectivity index (χ4n) is 3.63. The van der Waals surface area contributed by atoms with Crippen molar-refractivity contribution in [2.75, 3.05) is 33.4 Å². The van der Waals surface area contributed by atoms with E-state index in [9.17, 15) is 26.4 Å². The average molecular weight is 539 g/mol. The molecule has 13 heteroatoms. The van der Waals surface area contributed by atoms with E-state index in [0.29, 0.717) is 13.1 Å². The van der Waals surface area contributed by atoms with Crippen molar-refractivity contribution < 1.29 is 40.6 Å². The third-order valence-electron chi connectivity index (χ3n) is 5.36. The minimum atomic E-state index is -4.80. The standard InChI is InChI=1S/C22H25F3N2O6S.ClH/c1-31-15-14-27-20(28)21(10-12-26-13-11-21)34(29,30)19-8-6-17(7-9-19)32-16-2-4-18(5-3-16)33-22(23,24)25;/h2-9,26H,10-15H2,1H3,(H,27,28);1H. The molecule has 0 unspecified atom stereocenters. The number of piperidine rings is 1. The Balaban J connectivity index is 0.00000432. The second-order valence-corrected chi connectivity index (χ2v) is 9.85. The first kappa shape index (κ1) is 28.7. The minimum absolute atomic E-state index is 0. The van der Waals surface area contributed by atoms with Gasteiger partial charge in [-0.25, -0.2) is 8.42 Å². The summed E-state index contributed by atoms with van der Waals surface area (Å²) in [5.74, 6) is -0.449. The number of hydrogen-bond acceptors (Lipinski definition) is 7. The van der Waals surface area contributed by atoms with Gasteiger partial charge in [-0.2, -0.15) is 0 Å². The van der Waals surface area contributed by atoms with Crippen LogP contribution >= 0.6 is 12.4 Å². The predicted molar refractivity (Wildman–Crippen MR) is 124 cm³/mol. The van der Waals surface area contributed by atoms with E-state index in [4.69, 9.17) is 9.47 Å². The van der Waals surface area contributed by atoms with Crippen LogP contribution in [0.4, 0.5) is 13.2 Å². The van der Waals surface area contributed by atoms with E-state index in [2.05, 4.69) is 15.4 Å². The van der Waals surface area contributed by atoms with Gasteiger partial charge >= 0.3 is 6.36 Å². The fraction of sp³-hybridized carbons (Fsp3) is 0.409. The SMILES string of the molecule is COCCNC(=O)C1(S(=O)(=O)c2ccc(Oc3ccc(OC(F)(F)F)cc3)cc2)CCNCC1.Cl. The second kappa shape index (κ2) is 11.9. The molecule has 2 N–H and O–H groups in total. The van der Waals surface area contributed by atoms with E-state index in [1.807, 2.05) is 0 Å². The average Bonchev–Trinajstić information content (AvgIpc) is 2.80. The molecule has 0 bridgehead atoms. The molecular formula is C22H26ClF3N2O6S. The number of ether oxygens (including phenoxy) is 3. The highest BCUT2D eigenvalue weighted by Gasteiger charge is 2.51. The zero-order chi connectivity index (χ0) is 24.8. The minimum Gasteiger partial charge on any atom is -0.457 e. The van der Waals surface area contributed by atoms with E-state index >= 15 is 0 Å². The van der Waals surface area contributed by atoms with Crippen LogP contribution in [0.1, 0.15) is 12.8 Å². The van der Waals surface area contributed by atoms with Gasteiger partial charge in [0.2, 0.25) is 5.91 Å². The van der Waals surface area contributed by atoms with Gasteiger partial charge in [-0.15, -0.1) is 25.6 Å². The zero-order valence-corrected chi connectivity index (χ0v) is 20.4. The molecule has 2 aromatic carbocycles. The Hall–Kier alpha value is -2.54. The molecule has 1 aliphatic rings. The van der Waals surface area contributed by atoms with Crippen molar-refractivity contribution in [3.8, 4) is 17.2 Å². The van der Waals surface area contributed by atoms with Gasteiger partial charge in [0.25, 0.3) is 0 Å². The largest absolute Gasteiger partial charge is 0.573 e. The number of hydrogen-bond donors (Lipinski definition) is 2. The molecular weight excluding hydrogens is 513 g/mol. The lowest BCUT2D eigenvalue weighted by Gasteiger charge is -2.35. The molecule has 1 aliphatic heterocycles. The summed E-state index contributed by atoms with van der Waals surface area (Å²) in [6.07, 6.45) is -4.55. The predicted octanol–water partition coefficient (Wildman–Crippen LogP) is 3.46. The van der Waals surface area contributed by atoms with Crippen LogP contribution in [-0.4, -0.2) is 58.8 Å². The lowest BCUT2D eigenvalue weighted by molar-refractivity contribution is -0.274. The van der Waals surface area contributed by atoms with Crippen molar-refractivity contribution in [3.63, 3.8) is 0 Å². The Bertz CT molecular complexity index is 1070. The van der Waals surface area contributed by atoms with Gasteiger partial charge in [0, 0.05) is 13.7 Å². The third-order valence-corrected chi connectivity index (χ3v) is 7.87. The van der Waals surface area contributed by atoms with Crippen molar-refractivity contribution in [1.82, 2.24) is 10.6 Å².